The van der Waals surface area contributed by atoms with Crippen LogP contribution in [0.15, 0.2) is 10.4 Å². The summed E-state index contributed by atoms with van der Waals surface area (Å²) in [5.74, 6) is -0.366. The third kappa shape index (κ3) is 4.72. The normalized spacial score (nSPS) is 12.7. The predicted octanol–water partition coefficient (Wildman–Crippen LogP) is 1.33. The summed E-state index contributed by atoms with van der Waals surface area (Å²) in [5.41, 5.74) is -0.407. The topological polar surface area (TPSA) is 79.4 Å². The van der Waals surface area contributed by atoms with E-state index in [1.165, 1.54) is 13.2 Å². The summed E-state index contributed by atoms with van der Waals surface area (Å²) in [6.45, 7) is 5.21. The molecule has 0 unspecified atom stereocenters. The van der Waals surface area contributed by atoms with E-state index in [4.69, 9.17) is 11.6 Å². The van der Waals surface area contributed by atoms with Crippen LogP contribution in [0.5, 0.6) is 0 Å². The quantitative estimate of drug-likeness (QED) is 0.905. The largest absolute Gasteiger partial charge is 0.350 e. The molecule has 1 aromatic rings. The Hall–Kier alpha value is -0.700. The Kier molecular flexibility index (Phi) is 4.94. The fourth-order valence-electron chi connectivity index (χ4n) is 1.26. The molecule has 19 heavy (non-hydrogen) atoms. The van der Waals surface area contributed by atoms with Gasteiger partial charge < -0.3 is 5.32 Å². The lowest BCUT2D eigenvalue weighted by atomic mass is 10.1. The predicted molar refractivity (Wildman–Crippen MR) is 74.8 cm³/mol. The Bertz CT molecular complexity index is 563. The molecule has 1 rings (SSSR count). The molecule has 1 heterocycles. The molecular formula is C10H16ClN3O3S2. The number of aromatic nitrogens is 1. The van der Waals surface area contributed by atoms with Crippen molar-refractivity contribution in [1.82, 2.24) is 14.6 Å². The third-order valence-corrected chi connectivity index (χ3v) is 5.36. The van der Waals surface area contributed by atoms with Crippen LogP contribution in [0.4, 0.5) is 0 Å². The number of thiazole rings is 1. The SMILES string of the molecule is CN(CC(=O)NC(C)(C)C)S(=O)(=O)c1cnc(Cl)s1. The molecule has 0 saturated heterocycles. The lowest BCUT2D eigenvalue weighted by molar-refractivity contribution is -0.122. The van der Waals surface area contributed by atoms with Gasteiger partial charge in [0.1, 0.15) is 0 Å². The van der Waals surface area contributed by atoms with Crippen LogP contribution in [0.3, 0.4) is 0 Å². The molecule has 0 aromatic carbocycles. The fourth-order valence-corrected chi connectivity index (χ4v) is 3.89. The third-order valence-electron chi connectivity index (χ3n) is 2.00. The summed E-state index contributed by atoms with van der Waals surface area (Å²) in [5, 5.41) is 2.70. The lowest BCUT2D eigenvalue weighted by Gasteiger charge is -2.22. The zero-order valence-corrected chi connectivity index (χ0v) is 13.5. The number of amides is 1. The van der Waals surface area contributed by atoms with Crippen LogP contribution in [0.2, 0.25) is 4.47 Å². The number of hydrogen-bond acceptors (Lipinski definition) is 5. The number of halogens is 1. The second kappa shape index (κ2) is 5.74. The van der Waals surface area contributed by atoms with Crippen molar-refractivity contribution < 1.29 is 13.2 Å². The van der Waals surface area contributed by atoms with Crippen LogP contribution in [0.1, 0.15) is 20.8 Å². The summed E-state index contributed by atoms with van der Waals surface area (Å²) in [6, 6.07) is 0. The average Bonchev–Trinajstić information content (AvgIpc) is 2.62. The number of sulfonamides is 1. The van der Waals surface area contributed by atoms with Gasteiger partial charge in [-0.15, -0.1) is 0 Å². The molecule has 0 atom stereocenters. The van der Waals surface area contributed by atoms with E-state index in [1.807, 2.05) is 20.8 Å². The first-order valence-electron chi connectivity index (χ1n) is 5.41. The van der Waals surface area contributed by atoms with Crippen LogP contribution in [0, 0.1) is 0 Å². The van der Waals surface area contributed by atoms with E-state index >= 15 is 0 Å². The van der Waals surface area contributed by atoms with Crippen molar-refractivity contribution >= 4 is 38.9 Å². The summed E-state index contributed by atoms with van der Waals surface area (Å²) in [6.07, 6.45) is 1.18. The highest BCUT2D eigenvalue weighted by atomic mass is 35.5. The second-order valence-corrected chi connectivity index (χ2v) is 8.88. The van der Waals surface area contributed by atoms with Gasteiger partial charge in [0.25, 0.3) is 10.0 Å². The number of rotatable bonds is 4. The maximum absolute atomic E-state index is 12.1. The van der Waals surface area contributed by atoms with Gasteiger partial charge in [-0.25, -0.2) is 13.4 Å². The van der Waals surface area contributed by atoms with Gasteiger partial charge in [-0.1, -0.05) is 22.9 Å². The van der Waals surface area contributed by atoms with Gasteiger partial charge in [0.05, 0.1) is 12.7 Å². The van der Waals surface area contributed by atoms with Crippen molar-refractivity contribution in [1.29, 1.82) is 0 Å². The van der Waals surface area contributed by atoms with E-state index in [2.05, 4.69) is 10.3 Å². The summed E-state index contributed by atoms with van der Waals surface area (Å²) in [4.78, 5) is 15.4. The Morgan fingerprint density at radius 3 is 2.53 bits per heavy atom. The highest BCUT2D eigenvalue weighted by Gasteiger charge is 2.26. The fraction of sp³-hybridized carbons (Fsp3) is 0.600. The summed E-state index contributed by atoms with van der Waals surface area (Å²) >= 11 is 6.47. The molecule has 0 saturated carbocycles. The van der Waals surface area contributed by atoms with E-state index in [-0.39, 0.29) is 21.1 Å². The van der Waals surface area contributed by atoms with Gasteiger partial charge in [-0.3, -0.25) is 4.79 Å². The molecule has 0 aliphatic carbocycles. The molecule has 0 aliphatic rings. The van der Waals surface area contributed by atoms with Gasteiger partial charge in [0.15, 0.2) is 8.68 Å². The second-order valence-electron chi connectivity index (χ2n) is 4.99. The molecule has 1 aromatic heterocycles. The summed E-state index contributed by atoms with van der Waals surface area (Å²) < 4.78 is 25.3. The van der Waals surface area contributed by atoms with E-state index in [9.17, 15) is 13.2 Å². The number of carbonyl (C=O) groups excluding carboxylic acids is 1. The highest BCUT2D eigenvalue weighted by molar-refractivity contribution is 7.91. The van der Waals surface area contributed by atoms with Crippen LogP contribution >= 0.6 is 22.9 Å². The van der Waals surface area contributed by atoms with E-state index < -0.39 is 15.6 Å². The minimum atomic E-state index is -3.72. The Balaban J connectivity index is 2.78. The standard InChI is InChI=1S/C10H16ClN3O3S2/c1-10(2,3)13-7(15)6-14(4)19(16,17)8-5-12-9(11)18-8/h5H,6H2,1-4H3,(H,13,15). The Morgan fingerprint density at radius 1 is 1.53 bits per heavy atom. The van der Waals surface area contributed by atoms with Crippen LogP contribution in [-0.4, -0.2) is 42.7 Å². The zero-order valence-electron chi connectivity index (χ0n) is 11.1. The first kappa shape index (κ1) is 16.4. The average molecular weight is 326 g/mol. The van der Waals surface area contributed by atoms with E-state index in [1.54, 1.807) is 0 Å². The van der Waals surface area contributed by atoms with Crippen LogP contribution < -0.4 is 5.32 Å². The smallest absolute Gasteiger partial charge is 0.254 e. The van der Waals surface area contributed by atoms with Crippen molar-refractivity contribution in [3.63, 3.8) is 0 Å². The molecule has 108 valence electrons. The van der Waals surface area contributed by atoms with Crippen molar-refractivity contribution in [3.05, 3.63) is 10.7 Å². The molecule has 0 fully saturated rings. The maximum Gasteiger partial charge on any atom is 0.254 e. The number of nitrogens with zero attached hydrogens (tertiary/aromatic N) is 2. The van der Waals surface area contributed by atoms with E-state index in [0.717, 1.165) is 15.6 Å². The first-order chi connectivity index (χ1) is 8.52. The van der Waals surface area contributed by atoms with Crippen molar-refractivity contribution in [3.8, 4) is 0 Å². The number of hydrogen-bond donors (Lipinski definition) is 1. The zero-order chi connectivity index (χ0) is 14.8. The van der Waals surface area contributed by atoms with Gasteiger partial charge in [0.2, 0.25) is 5.91 Å². The molecule has 9 heteroatoms. The van der Waals surface area contributed by atoms with Crippen molar-refractivity contribution in [2.45, 2.75) is 30.5 Å². The van der Waals surface area contributed by atoms with Gasteiger partial charge in [-0.2, -0.15) is 4.31 Å². The maximum atomic E-state index is 12.1. The van der Waals surface area contributed by atoms with Crippen LogP contribution in [-0.2, 0) is 14.8 Å². The molecule has 6 nitrogen and oxygen atoms in total. The number of likely N-dealkylation sites (N-methyl/N-ethyl adjacent to an activating group) is 1. The summed E-state index contributed by atoms with van der Waals surface area (Å²) in [7, 11) is -2.39. The molecule has 1 N–H and O–H groups in total. The number of carbonyl (C=O) groups is 1. The molecule has 1 amide bonds. The van der Waals surface area contributed by atoms with E-state index in [0.29, 0.717) is 0 Å². The van der Waals surface area contributed by atoms with Crippen molar-refractivity contribution in [2.24, 2.45) is 0 Å². The molecule has 0 radical (unpaired) electrons. The minimum absolute atomic E-state index is 0.0172. The molecular weight excluding hydrogens is 310 g/mol. The monoisotopic (exact) mass is 325 g/mol. The van der Waals surface area contributed by atoms with Gasteiger partial charge in [0, 0.05) is 12.6 Å². The van der Waals surface area contributed by atoms with Crippen LogP contribution in [0.25, 0.3) is 0 Å². The van der Waals surface area contributed by atoms with Gasteiger partial charge >= 0.3 is 0 Å². The first-order valence-corrected chi connectivity index (χ1v) is 8.04. The molecule has 0 aliphatic heterocycles. The van der Waals surface area contributed by atoms with Gasteiger partial charge in [-0.05, 0) is 20.8 Å². The number of nitrogens with one attached hydrogen (secondary N) is 1. The lowest BCUT2D eigenvalue weighted by Crippen LogP contribution is -2.46. The Morgan fingerprint density at radius 2 is 2.11 bits per heavy atom. The Labute approximate surface area is 121 Å². The highest BCUT2D eigenvalue weighted by Crippen LogP contribution is 2.24. The molecule has 0 bridgehead atoms. The minimum Gasteiger partial charge on any atom is -0.350 e. The molecule has 0 spiro atoms. The van der Waals surface area contributed by atoms with Crippen molar-refractivity contribution in [2.75, 3.05) is 13.6 Å².